The maximum Gasteiger partial charge on any atom is 0.242 e. The van der Waals surface area contributed by atoms with Gasteiger partial charge in [-0.1, -0.05) is 12.1 Å². The van der Waals surface area contributed by atoms with Crippen molar-refractivity contribution >= 4 is 15.9 Å². The van der Waals surface area contributed by atoms with Crippen LogP contribution in [0.4, 0.5) is 0 Å². The molecule has 1 heterocycles. The summed E-state index contributed by atoms with van der Waals surface area (Å²) < 4.78 is 30.9. The van der Waals surface area contributed by atoms with E-state index in [1.165, 1.54) is 18.4 Å². The number of piperidine rings is 1. The minimum absolute atomic E-state index is 0.0287. The van der Waals surface area contributed by atoms with Gasteiger partial charge in [-0.3, -0.25) is 4.79 Å². The van der Waals surface area contributed by atoms with Crippen LogP contribution in [0.3, 0.4) is 0 Å². The van der Waals surface area contributed by atoms with E-state index in [4.69, 9.17) is 4.74 Å². The summed E-state index contributed by atoms with van der Waals surface area (Å²) in [6, 6.07) is 6.51. The molecule has 152 valence electrons. The molecule has 1 atom stereocenters. The molecule has 0 radical (unpaired) electrons. The second-order valence-electron chi connectivity index (χ2n) is 7.48. The molecular formula is C19H31N3O4S. The Morgan fingerprint density at radius 1 is 1.26 bits per heavy atom. The number of hydrogen-bond acceptors (Lipinski definition) is 5. The number of amides is 1. The van der Waals surface area contributed by atoms with E-state index in [0.717, 1.165) is 31.5 Å². The van der Waals surface area contributed by atoms with E-state index < -0.39 is 10.0 Å². The molecule has 0 spiro atoms. The highest BCUT2D eigenvalue weighted by atomic mass is 32.2. The van der Waals surface area contributed by atoms with E-state index in [2.05, 4.69) is 10.6 Å². The van der Waals surface area contributed by atoms with E-state index in [1.807, 2.05) is 6.92 Å². The lowest BCUT2D eigenvalue weighted by Gasteiger charge is -2.37. The minimum atomic E-state index is -3.47. The van der Waals surface area contributed by atoms with Gasteiger partial charge in [-0.05, 0) is 50.6 Å². The molecule has 8 heteroatoms. The fourth-order valence-electron chi connectivity index (χ4n) is 3.35. The van der Waals surface area contributed by atoms with Gasteiger partial charge in [0.25, 0.3) is 0 Å². The van der Waals surface area contributed by atoms with Crippen molar-refractivity contribution in [1.82, 2.24) is 14.9 Å². The van der Waals surface area contributed by atoms with Gasteiger partial charge in [0.2, 0.25) is 15.9 Å². The Balaban J connectivity index is 2.02. The second-order valence-corrected chi connectivity index (χ2v) is 9.63. The summed E-state index contributed by atoms with van der Waals surface area (Å²) in [6.07, 6.45) is 1.93. The first kappa shape index (κ1) is 21.8. The monoisotopic (exact) mass is 397 g/mol. The Morgan fingerprint density at radius 3 is 2.37 bits per heavy atom. The topological polar surface area (TPSA) is 87.7 Å². The lowest BCUT2D eigenvalue weighted by atomic mass is 9.79. The number of carbonyl (C=O) groups excluding carboxylic acids is 1. The summed E-state index contributed by atoms with van der Waals surface area (Å²) in [5.74, 6) is -0.422. The largest absolute Gasteiger partial charge is 0.384 e. The van der Waals surface area contributed by atoms with E-state index in [0.29, 0.717) is 13.2 Å². The van der Waals surface area contributed by atoms with Crippen molar-refractivity contribution in [2.75, 3.05) is 47.4 Å². The number of methoxy groups -OCH3 is 1. The molecule has 0 aromatic heterocycles. The van der Waals surface area contributed by atoms with Gasteiger partial charge in [-0.25, -0.2) is 12.7 Å². The third-order valence-electron chi connectivity index (χ3n) is 5.30. The molecule has 0 aliphatic carbocycles. The van der Waals surface area contributed by atoms with Crippen molar-refractivity contribution in [3.05, 3.63) is 29.8 Å². The van der Waals surface area contributed by atoms with Gasteiger partial charge >= 0.3 is 0 Å². The SMILES string of the molecule is COCC1(CNC(=O)C(C)c2ccc(S(=O)(=O)N(C)C)cc2)CCNCC1. The number of sulfonamides is 1. The molecule has 2 N–H and O–H groups in total. The minimum Gasteiger partial charge on any atom is -0.384 e. The summed E-state index contributed by atoms with van der Waals surface area (Å²) in [4.78, 5) is 12.8. The third-order valence-corrected chi connectivity index (χ3v) is 7.13. The molecule has 1 aromatic carbocycles. The maximum atomic E-state index is 12.6. The van der Waals surface area contributed by atoms with Gasteiger partial charge < -0.3 is 15.4 Å². The number of benzene rings is 1. The quantitative estimate of drug-likeness (QED) is 0.688. The first-order chi connectivity index (χ1) is 12.7. The Labute approximate surface area is 162 Å². The van der Waals surface area contributed by atoms with Crippen LogP contribution in [0.2, 0.25) is 0 Å². The molecule has 0 bridgehead atoms. The van der Waals surface area contributed by atoms with Crippen LogP contribution in [0, 0.1) is 5.41 Å². The van der Waals surface area contributed by atoms with Crippen molar-refractivity contribution in [1.29, 1.82) is 0 Å². The molecule has 27 heavy (non-hydrogen) atoms. The van der Waals surface area contributed by atoms with Crippen molar-refractivity contribution < 1.29 is 17.9 Å². The summed E-state index contributed by atoms with van der Waals surface area (Å²) in [5, 5.41) is 6.40. The first-order valence-corrected chi connectivity index (χ1v) is 10.7. The highest BCUT2D eigenvalue weighted by molar-refractivity contribution is 7.89. The summed E-state index contributed by atoms with van der Waals surface area (Å²) in [7, 11) is 1.22. The van der Waals surface area contributed by atoms with Crippen molar-refractivity contribution in [3.8, 4) is 0 Å². The zero-order chi connectivity index (χ0) is 20.1. The summed E-state index contributed by atoms with van der Waals surface area (Å²) in [6.45, 7) is 4.89. The van der Waals surface area contributed by atoms with Crippen LogP contribution < -0.4 is 10.6 Å². The van der Waals surface area contributed by atoms with E-state index in [9.17, 15) is 13.2 Å². The first-order valence-electron chi connectivity index (χ1n) is 9.22. The van der Waals surface area contributed by atoms with Gasteiger partial charge in [0.1, 0.15) is 0 Å². The Morgan fingerprint density at radius 2 is 1.85 bits per heavy atom. The lowest BCUT2D eigenvalue weighted by molar-refractivity contribution is -0.123. The second kappa shape index (κ2) is 9.14. The molecule has 1 unspecified atom stereocenters. The van der Waals surface area contributed by atoms with Crippen molar-refractivity contribution in [3.63, 3.8) is 0 Å². The van der Waals surface area contributed by atoms with Crippen LogP contribution in [-0.4, -0.2) is 66.1 Å². The van der Waals surface area contributed by atoms with Gasteiger partial charge in [0.05, 0.1) is 17.4 Å². The van der Waals surface area contributed by atoms with Crippen LogP contribution in [0.1, 0.15) is 31.2 Å². The average Bonchev–Trinajstić information content (AvgIpc) is 2.66. The van der Waals surface area contributed by atoms with Gasteiger partial charge in [-0.15, -0.1) is 0 Å². The molecule has 1 aliphatic heterocycles. The van der Waals surface area contributed by atoms with Gasteiger partial charge in [0, 0.05) is 33.2 Å². The summed E-state index contributed by atoms with van der Waals surface area (Å²) >= 11 is 0. The summed E-state index contributed by atoms with van der Waals surface area (Å²) in [5.41, 5.74) is 0.760. The van der Waals surface area contributed by atoms with Crippen LogP contribution in [0.15, 0.2) is 29.2 Å². The molecule has 1 fully saturated rings. The van der Waals surface area contributed by atoms with E-state index in [-0.39, 0.29) is 22.1 Å². The van der Waals surface area contributed by atoms with Crippen LogP contribution in [-0.2, 0) is 19.6 Å². The Bertz CT molecular complexity index is 720. The number of rotatable bonds is 8. The van der Waals surface area contributed by atoms with Crippen LogP contribution in [0.25, 0.3) is 0 Å². The fourth-order valence-corrected chi connectivity index (χ4v) is 4.26. The number of nitrogens with zero attached hydrogens (tertiary/aromatic N) is 1. The van der Waals surface area contributed by atoms with Gasteiger partial charge in [0.15, 0.2) is 0 Å². The maximum absolute atomic E-state index is 12.6. The number of hydrogen-bond donors (Lipinski definition) is 2. The molecule has 2 rings (SSSR count). The van der Waals surface area contributed by atoms with Gasteiger partial charge in [-0.2, -0.15) is 0 Å². The Hall–Kier alpha value is -1.48. The number of nitrogens with one attached hydrogen (secondary N) is 2. The van der Waals surface area contributed by atoms with Crippen LogP contribution >= 0.6 is 0 Å². The molecule has 7 nitrogen and oxygen atoms in total. The molecule has 1 aromatic rings. The zero-order valence-corrected chi connectivity index (χ0v) is 17.4. The highest BCUT2D eigenvalue weighted by Gasteiger charge is 2.33. The molecular weight excluding hydrogens is 366 g/mol. The molecule has 1 aliphatic rings. The zero-order valence-electron chi connectivity index (χ0n) is 16.6. The average molecular weight is 398 g/mol. The molecule has 0 saturated carbocycles. The van der Waals surface area contributed by atoms with Crippen molar-refractivity contribution in [2.24, 2.45) is 5.41 Å². The Kier molecular flexibility index (Phi) is 7.39. The van der Waals surface area contributed by atoms with E-state index >= 15 is 0 Å². The molecule has 1 amide bonds. The van der Waals surface area contributed by atoms with Crippen molar-refractivity contribution in [2.45, 2.75) is 30.6 Å². The predicted molar refractivity (Wildman–Crippen MR) is 105 cm³/mol. The number of ether oxygens (including phenoxy) is 1. The lowest BCUT2D eigenvalue weighted by Crippen LogP contribution is -2.47. The van der Waals surface area contributed by atoms with E-state index in [1.54, 1.807) is 31.4 Å². The predicted octanol–water partition coefficient (Wildman–Crippen LogP) is 1.17. The van der Waals surface area contributed by atoms with Crippen LogP contribution in [0.5, 0.6) is 0 Å². The smallest absolute Gasteiger partial charge is 0.242 e. The standard InChI is InChI=1S/C19H31N3O4S/c1-15(16-5-7-17(8-6-16)27(24,25)22(2)3)18(23)21-13-19(14-26-4)9-11-20-12-10-19/h5-8,15,20H,9-14H2,1-4H3,(H,21,23). The number of carbonyl (C=O) groups is 1. The fraction of sp³-hybridized carbons (Fsp3) is 0.632. The highest BCUT2D eigenvalue weighted by Crippen LogP contribution is 2.28. The third kappa shape index (κ3) is 5.28. The normalized spacial score (nSPS) is 18.3. The molecule has 1 saturated heterocycles.